The Bertz CT molecular complexity index is 1160. The number of phenolic OH excluding ortho intramolecular Hbond substituents is 1. The third-order valence-electron chi connectivity index (χ3n) is 6.13. The number of hydrogen-bond donors (Lipinski definition) is 2. The Labute approximate surface area is 169 Å². The number of hydrogen-bond acceptors (Lipinski definition) is 5. The van der Waals surface area contributed by atoms with Crippen LogP contribution in [0.15, 0.2) is 64.3 Å². The maximum absolute atomic E-state index is 13.4. The van der Waals surface area contributed by atoms with Crippen LogP contribution in [0.4, 0.5) is 5.88 Å². The van der Waals surface area contributed by atoms with E-state index in [1.807, 2.05) is 31.2 Å². The summed E-state index contributed by atoms with van der Waals surface area (Å²) in [7, 11) is 0. The van der Waals surface area contributed by atoms with E-state index in [9.17, 15) is 9.90 Å². The molecule has 2 N–H and O–H groups in total. The summed E-state index contributed by atoms with van der Waals surface area (Å²) >= 11 is 0. The molecule has 1 aliphatic heterocycles. The zero-order valence-corrected chi connectivity index (χ0v) is 16.4. The van der Waals surface area contributed by atoms with Gasteiger partial charge in [0.05, 0.1) is 11.3 Å². The predicted molar refractivity (Wildman–Crippen MR) is 110 cm³/mol. The van der Waals surface area contributed by atoms with Crippen LogP contribution in [0.1, 0.15) is 52.6 Å². The topological polar surface area (TPSA) is 75.4 Å². The van der Waals surface area contributed by atoms with Crippen molar-refractivity contribution in [2.75, 3.05) is 5.32 Å². The zero-order chi connectivity index (χ0) is 20.1. The lowest BCUT2D eigenvalue weighted by Gasteiger charge is -2.35. The van der Waals surface area contributed by atoms with Crippen LogP contribution in [0.3, 0.4) is 0 Å². The monoisotopic (exact) mass is 386 g/mol. The highest BCUT2D eigenvalue weighted by Crippen LogP contribution is 2.50. The SMILES string of the molecule is Cc1ccccc1[C@H]1C2=C(C[C@@H](c3ccccc3O)CC2=O)Nc2onc(C)c21. The molecule has 0 spiro atoms. The first-order valence-corrected chi connectivity index (χ1v) is 9.87. The quantitative estimate of drug-likeness (QED) is 0.651. The summed E-state index contributed by atoms with van der Waals surface area (Å²) in [6, 6.07) is 15.4. The second-order valence-corrected chi connectivity index (χ2v) is 7.90. The van der Waals surface area contributed by atoms with Crippen LogP contribution in [0, 0.1) is 13.8 Å². The van der Waals surface area contributed by atoms with Crippen LogP contribution < -0.4 is 5.32 Å². The molecule has 0 fully saturated rings. The first kappa shape index (κ1) is 17.7. The largest absolute Gasteiger partial charge is 0.508 e. The van der Waals surface area contributed by atoms with Crippen LogP contribution in [0.25, 0.3) is 0 Å². The van der Waals surface area contributed by atoms with Gasteiger partial charge in [0.1, 0.15) is 5.75 Å². The fraction of sp³-hybridized carbons (Fsp3) is 0.250. The lowest BCUT2D eigenvalue weighted by Crippen LogP contribution is -2.29. The number of aromatic nitrogens is 1. The number of rotatable bonds is 2. The lowest BCUT2D eigenvalue weighted by atomic mass is 9.71. The molecule has 0 unspecified atom stereocenters. The van der Waals surface area contributed by atoms with Crippen LogP contribution in [-0.2, 0) is 4.79 Å². The van der Waals surface area contributed by atoms with Crippen molar-refractivity contribution in [1.82, 2.24) is 5.16 Å². The number of aromatic hydroxyl groups is 1. The van der Waals surface area contributed by atoms with Gasteiger partial charge in [-0.1, -0.05) is 47.6 Å². The first-order chi connectivity index (χ1) is 14.0. The van der Waals surface area contributed by atoms with Crippen LogP contribution >= 0.6 is 0 Å². The molecule has 0 saturated heterocycles. The standard InChI is InChI=1S/C24H22N2O3/c1-13-7-3-4-8-16(13)22-21-14(2)26-29-24(21)25-18-11-15(12-20(28)23(18)22)17-9-5-6-10-19(17)27/h3-10,15,22,25,27H,11-12H2,1-2H3/t15-,22-/m1/s1. The molecule has 5 rings (SSSR count). The summed E-state index contributed by atoms with van der Waals surface area (Å²) < 4.78 is 5.57. The Balaban J connectivity index is 1.66. The van der Waals surface area contributed by atoms with Gasteiger partial charge in [-0.05, 0) is 43.0 Å². The van der Waals surface area contributed by atoms with Gasteiger partial charge in [-0.3, -0.25) is 4.79 Å². The fourth-order valence-electron chi connectivity index (χ4n) is 4.75. The van der Waals surface area contributed by atoms with Crippen molar-refractivity contribution in [3.05, 3.63) is 87.7 Å². The van der Waals surface area contributed by atoms with Gasteiger partial charge in [-0.2, -0.15) is 0 Å². The van der Waals surface area contributed by atoms with E-state index in [-0.39, 0.29) is 23.4 Å². The average molecular weight is 386 g/mol. The molecular weight excluding hydrogens is 364 g/mol. The number of para-hydroxylation sites is 1. The van der Waals surface area contributed by atoms with Crippen molar-refractivity contribution in [1.29, 1.82) is 0 Å². The van der Waals surface area contributed by atoms with E-state index in [1.165, 1.54) is 0 Å². The summed E-state index contributed by atoms with van der Waals surface area (Å²) in [6.07, 6.45) is 1.01. The number of phenols is 1. The minimum absolute atomic E-state index is 0.0713. The number of aryl methyl sites for hydroxylation is 2. The van der Waals surface area contributed by atoms with E-state index in [0.29, 0.717) is 18.7 Å². The summed E-state index contributed by atoms with van der Waals surface area (Å²) in [5.74, 6) is 0.688. The molecule has 0 amide bonds. The number of ketones is 1. The van der Waals surface area contributed by atoms with E-state index in [4.69, 9.17) is 4.52 Å². The maximum atomic E-state index is 13.4. The molecule has 29 heavy (non-hydrogen) atoms. The molecular formula is C24H22N2O3. The molecule has 3 aromatic rings. The second kappa shape index (κ2) is 6.62. The maximum Gasteiger partial charge on any atom is 0.233 e. The van der Waals surface area contributed by atoms with Crippen molar-refractivity contribution in [2.45, 2.75) is 38.5 Å². The Morgan fingerprint density at radius 2 is 1.76 bits per heavy atom. The number of fused-ring (bicyclic) bond motifs is 1. The molecule has 5 nitrogen and oxygen atoms in total. The minimum atomic E-state index is -0.188. The van der Waals surface area contributed by atoms with Gasteiger partial charge >= 0.3 is 0 Å². The van der Waals surface area contributed by atoms with Crippen molar-refractivity contribution in [2.24, 2.45) is 0 Å². The van der Waals surface area contributed by atoms with Crippen molar-refractivity contribution >= 4 is 11.7 Å². The normalized spacial score (nSPS) is 20.8. The van der Waals surface area contributed by atoms with Crippen LogP contribution in [-0.4, -0.2) is 16.0 Å². The summed E-state index contributed by atoms with van der Waals surface area (Å²) in [5.41, 5.74) is 6.43. The van der Waals surface area contributed by atoms with Gasteiger partial charge < -0.3 is 14.9 Å². The number of carbonyl (C=O) groups is 1. The highest BCUT2D eigenvalue weighted by molar-refractivity contribution is 6.01. The summed E-state index contributed by atoms with van der Waals surface area (Å²) in [5, 5.41) is 17.8. The number of anilines is 1. The average Bonchev–Trinajstić information content (AvgIpc) is 3.08. The number of benzene rings is 2. The van der Waals surface area contributed by atoms with Gasteiger partial charge in [0.2, 0.25) is 5.88 Å². The molecule has 5 heteroatoms. The minimum Gasteiger partial charge on any atom is -0.508 e. The van der Waals surface area contributed by atoms with E-state index in [0.717, 1.165) is 39.2 Å². The lowest BCUT2D eigenvalue weighted by molar-refractivity contribution is -0.116. The molecule has 0 saturated carbocycles. The van der Waals surface area contributed by atoms with E-state index in [1.54, 1.807) is 12.1 Å². The number of nitrogens with zero attached hydrogens (tertiary/aromatic N) is 1. The Morgan fingerprint density at radius 3 is 2.52 bits per heavy atom. The van der Waals surface area contributed by atoms with Crippen molar-refractivity contribution in [3.63, 3.8) is 0 Å². The Morgan fingerprint density at radius 1 is 1.03 bits per heavy atom. The molecule has 1 aromatic heterocycles. The number of nitrogens with one attached hydrogen (secondary N) is 1. The van der Waals surface area contributed by atoms with Crippen LogP contribution in [0.2, 0.25) is 0 Å². The molecule has 2 aliphatic rings. The van der Waals surface area contributed by atoms with Gasteiger partial charge in [0.15, 0.2) is 5.78 Å². The van der Waals surface area contributed by atoms with Gasteiger partial charge in [0, 0.05) is 29.5 Å². The fourth-order valence-corrected chi connectivity index (χ4v) is 4.75. The highest BCUT2D eigenvalue weighted by Gasteiger charge is 2.41. The smallest absolute Gasteiger partial charge is 0.233 e. The number of carbonyl (C=O) groups excluding carboxylic acids is 1. The molecule has 2 aromatic carbocycles. The van der Waals surface area contributed by atoms with Gasteiger partial charge in [-0.15, -0.1) is 0 Å². The summed E-state index contributed by atoms with van der Waals surface area (Å²) in [4.78, 5) is 13.4. The number of Topliss-reactive ketones (excluding diaryl/α,β-unsaturated/α-hetero) is 1. The van der Waals surface area contributed by atoms with Crippen LogP contribution in [0.5, 0.6) is 5.75 Å². The second-order valence-electron chi connectivity index (χ2n) is 7.90. The third kappa shape index (κ3) is 2.77. The van der Waals surface area contributed by atoms with E-state index in [2.05, 4.69) is 29.5 Å². The first-order valence-electron chi connectivity index (χ1n) is 9.87. The van der Waals surface area contributed by atoms with Crippen molar-refractivity contribution in [3.8, 4) is 5.75 Å². The Hall–Kier alpha value is -3.34. The predicted octanol–water partition coefficient (Wildman–Crippen LogP) is 4.96. The molecule has 1 aliphatic carbocycles. The molecule has 0 radical (unpaired) electrons. The molecule has 2 atom stereocenters. The highest BCUT2D eigenvalue weighted by atomic mass is 16.5. The van der Waals surface area contributed by atoms with Gasteiger partial charge in [-0.25, -0.2) is 0 Å². The Kier molecular flexibility index (Phi) is 4.05. The van der Waals surface area contributed by atoms with E-state index < -0.39 is 0 Å². The zero-order valence-electron chi connectivity index (χ0n) is 16.4. The third-order valence-corrected chi connectivity index (χ3v) is 6.13. The van der Waals surface area contributed by atoms with E-state index >= 15 is 0 Å². The molecule has 0 bridgehead atoms. The number of allylic oxidation sites excluding steroid dienone is 2. The molecule has 146 valence electrons. The molecule has 2 heterocycles. The van der Waals surface area contributed by atoms with Gasteiger partial charge in [0.25, 0.3) is 0 Å². The van der Waals surface area contributed by atoms with Crippen molar-refractivity contribution < 1.29 is 14.4 Å². The summed E-state index contributed by atoms with van der Waals surface area (Å²) in [6.45, 7) is 3.98.